The smallest absolute Gasteiger partial charge is 0.326 e. The molecule has 0 radical (unpaired) electrons. The highest BCUT2D eigenvalue weighted by molar-refractivity contribution is 7.17. The molecule has 6 nitrogen and oxygen atoms in total. The van der Waals surface area contributed by atoms with Crippen molar-refractivity contribution in [2.75, 3.05) is 11.4 Å². The van der Waals surface area contributed by atoms with Crippen molar-refractivity contribution in [3.05, 3.63) is 46.2 Å². The van der Waals surface area contributed by atoms with Gasteiger partial charge in [0.15, 0.2) is 5.13 Å². The predicted molar refractivity (Wildman–Crippen MR) is 89.5 cm³/mol. The van der Waals surface area contributed by atoms with E-state index < -0.39 is 5.91 Å². The van der Waals surface area contributed by atoms with Gasteiger partial charge in [0.1, 0.15) is 10.7 Å². The van der Waals surface area contributed by atoms with E-state index in [2.05, 4.69) is 4.98 Å². The first kappa shape index (κ1) is 16.4. The maximum Gasteiger partial charge on any atom is 0.326 e. The lowest BCUT2D eigenvalue weighted by Gasteiger charge is -2.17. The molecule has 1 aromatic carbocycles. The summed E-state index contributed by atoms with van der Waals surface area (Å²) in [6.07, 6.45) is 0. The number of rotatable bonds is 4. The molecule has 3 rings (SSSR count). The van der Waals surface area contributed by atoms with E-state index in [1.54, 1.807) is 28.9 Å². The third-order valence-electron chi connectivity index (χ3n) is 3.90. The molecule has 1 aliphatic rings. The number of aryl methyl sites for hydroxylation is 1. The number of nitrogens with zero attached hydrogens (tertiary/aromatic N) is 3. The number of aromatic nitrogens is 1. The Morgan fingerprint density at radius 3 is 2.67 bits per heavy atom. The number of primary amides is 1. The first-order valence-electron chi connectivity index (χ1n) is 7.46. The van der Waals surface area contributed by atoms with Gasteiger partial charge < -0.3 is 10.6 Å². The van der Waals surface area contributed by atoms with Gasteiger partial charge in [-0.3, -0.25) is 9.69 Å². The van der Waals surface area contributed by atoms with Crippen LogP contribution < -0.4 is 10.6 Å². The summed E-state index contributed by atoms with van der Waals surface area (Å²) < 4.78 is 13.0. The van der Waals surface area contributed by atoms with Crippen molar-refractivity contribution in [1.29, 1.82) is 0 Å². The predicted octanol–water partition coefficient (Wildman–Crippen LogP) is 2.52. The summed E-state index contributed by atoms with van der Waals surface area (Å²) in [4.78, 5) is 32.0. The molecule has 126 valence electrons. The van der Waals surface area contributed by atoms with E-state index in [4.69, 9.17) is 5.73 Å². The van der Waals surface area contributed by atoms with Crippen LogP contribution >= 0.6 is 11.3 Å². The van der Waals surface area contributed by atoms with Crippen molar-refractivity contribution in [3.8, 4) is 0 Å². The van der Waals surface area contributed by atoms with Gasteiger partial charge in [0.2, 0.25) is 0 Å². The normalized spacial score (nSPS) is 17.6. The third kappa shape index (κ3) is 2.96. The van der Waals surface area contributed by atoms with Crippen molar-refractivity contribution in [2.45, 2.75) is 26.4 Å². The highest BCUT2D eigenvalue weighted by atomic mass is 32.1. The first-order valence-corrected chi connectivity index (χ1v) is 8.28. The average Bonchev–Trinajstić information content (AvgIpc) is 3.02. The fourth-order valence-corrected chi connectivity index (χ4v) is 3.76. The molecule has 1 atom stereocenters. The zero-order valence-corrected chi connectivity index (χ0v) is 14.1. The van der Waals surface area contributed by atoms with Crippen LogP contribution in [0.25, 0.3) is 0 Å². The summed E-state index contributed by atoms with van der Waals surface area (Å²) in [6, 6.07) is 5.81. The minimum absolute atomic E-state index is 0.0794. The molecule has 2 heterocycles. The van der Waals surface area contributed by atoms with Crippen LogP contribution in [0.15, 0.2) is 24.3 Å². The summed E-state index contributed by atoms with van der Waals surface area (Å²) in [7, 11) is 0. The van der Waals surface area contributed by atoms with E-state index in [0.29, 0.717) is 28.8 Å². The molecule has 24 heavy (non-hydrogen) atoms. The summed E-state index contributed by atoms with van der Waals surface area (Å²) in [5, 5.41) is 0.473. The molecule has 0 bridgehead atoms. The number of benzene rings is 1. The monoisotopic (exact) mass is 348 g/mol. The Kier molecular flexibility index (Phi) is 4.23. The molecule has 1 saturated heterocycles. The maximum atomic E-state index is 13.0. The van der Waals surface area contributed by atoms with Gasteiger partial charge in [-0.05, 0) is 31.5 Å². The number of thiazole rings is 1. The summed E-state index contributed by atoms with van der Waals surface area (Å²) >= 11 is 1.13. The number of anilines is 1. The largest absolute Gasteiger partial charge is 0.365 e. The Morgan fingerprint density at radius 2 is 2.08 bits per heavy atom. The third-order valence-corrected chi connectivity index (χ3v) is 5.08. The highest BCUT2D eigenvalue weighted by Gasteiger charge is 2.37. The van der Waals surface area contributed by atoms with Gasteiger partial charge in [-0.2, -0.15) is 0 Å². The molecular formula is C16H17FN4O2S. The summed E-state index contributed by atoms with van der Waals surface area (Å²) in [5.74, 6) is -0.850. The van der Waals surface area contributed by atoms with E-state index >= 15 is 0 Å². The lowest BCUT2D eigenvalue weighted by Crippen LogP contribution is -2.33. The number of urea groups is 1. The van der Waals surface area contributed by atoms with Crippen molar-refractivity contribution in [3.63, 3.8) is 0 Å². The van der Waals surface area contributed by atoms with Gasteiger partial charge in [0.25, 0.3) is 5.91 Å². The quantitative estimate of drug-likeness (QED) is 0.922. The molecule has 0 unspecified atom stereocenters. The number of hydrogen-bond acceptors (Lipinski definition) is 4. The zero-order valence-electron chi connectivity index (χ0n) is 13.3. The van der Waals surface area contributed by atoms with E-state index in [1.165, 1.54) is 12.1 Å². The molecule has 0 saturated carbocycles. The van der Waals surface area contributed by atoms with E-state index in [0.717, 1.165) is 16.9 Å². The van der Waals surface area contributed by atoms with Gasteiger partial charge in [0.05, 0.1) is 11.7 Å². The Hall–Kier alpha value is -2.48. The molecular weight excluding hydrogens is 331 g/mol. The van der Waals surface area contributed by atoms with Gasteiger partial charge in [-0.1, -0.05) is 23.5 Å². The topological polar surface area (TPSA) is 79.5 Å². The SMILES string of the molecule is Cc1nc(N2C(=O)N(Cc3ccc(F)cc3)C[C@H]2C)sc1C(N)=O. The van der Waals surface area contributed by atoms with Crippen LogP contribution in [0.4, 0.5) is 14.3 Å². The molecule has 3 amide bonds. The summed E-state index contributed by atoms with van der Waals surface area (Å²) in [5.41, 5.74) is 6.71. The number of amides is 3. The maximum absolute atomic E-state index is 13.0. The van der Waals surface area contributed by atoms with Crippen molar-refractivity contribution in [2.24, 2.45) is 5.73 Å². The molecule has 1 aliphatic heterocycles. The molecule has 1 fully saturated rings. The standard InChI is InChI=1S/C16H17FN4O2S/c1-9-7-20(8-11-3-5-12(17)6-4-11)16(23)21(9)15-19-10(2)13(24-15)14(18)22/h3-6,9H,7-8H2,1-2H3,(H2,18,22)/t9-/m1/s1. The second kappa shape index (κ2) is 6.20. The van der Waals surface area contributed by atoms with Crippen LogP contribution in [-0.4, -0.2) is 34.4 Å². The lowest BCUT2D eigenvalue weighted by atomic mass is 10.2. The lowest BCUT2D eigenvalue weighted by molar-refractivity contribution is 0.100. The summed E-state index contributed by atoms with van der Waals surface area (Å²) in [6.45, 7) is 4.54. The number of carbonyl (C=O) groups excluding carboxylic acids is 2. The number of nitrogens with two attached hydrogens (primary N) is 1. The molecule has 0 aliphatic carbocycles. The second-order valence-corrected chi connectivity index (χ2v) is 6.76. The van der Waals surface area contributed by atoms with E-state index in [9.17, 15) is 14.0 Å². The highest BCUT2D eigenvalue weighted by Crippen LogP contribution is 2.31. The van der Waals surface area contributed by atoms with Crippen LogP contribution in [0.1, 0.15) is 27.9 Å². The van der Waals surface area contributed by atoms with Crippen LogP contribution in [-0.2, 0) is 6.54 Å². The molecule has 1 aromatic heterocycles. The molecule has 8 heteroatoms. The molecule has 2 aromatic rings. The van der Waals surface area contributed by atoms with Crippen molar-refractivity contribution in [1.82, 2.24) is 9.88 Å². The van der Waals surface area contributed by atoms with Crippen molar-refractivity contribution >= 4 is 28.4 Å². The second-order valence-electron chi connectivity index (χ2n) is 5.78. The Labute approximate surface area is 142 Å². The molecule has 2 N–H and O–H groups in total. The first-order chi connectivity index (χ1) is 11.4. The van der Waals surface area contributed by atoms with Crippen LogP contribution in [0.5, 0.6) is 0 Å². The molecule has 0 spiro atoms. The minimum atomic E-state index is -0.543. The fourth-order valence-electron chi connectivity index (χ4n) is 2.75. The van der Waals surface area contributed by atoms with Crippen LogP contribution in [0.3, 0.4) is 0 Å². The van der Waals surface area contributed by atoms with Gasteiger partial charge >= 0.3 is 6.03 Å². The van der Waals surface area contributed by atoms with E-state index in [1.807, 2.05) is 6.92 Å². The number of hydrogen-bond donors (Lipinski definition) is 1. The Morgan fingerprint density at radius 1 is 1.42 bits per heavy atom. The number of carbonyl (C=O) groups is 2. The Balaban J connectivity index is 1.81. The van der Waals surface area contributed by atoms with Crippen LogP contribution in [0, 0.1) is 12.7 Å². The minimum Gasteiger partial charge on any atom is -0.365 e. The Bertz CT molecular complexity index is 790. The van der Waals surface area contributed by atoms with Crippen LogP contribution in [0.2, 0.25) is 0 Å². The number of halogens is 1. The van der Waals surface area contributed by atoms with Gasteiger partial charge in [-0.25, -0.2) is 14.2 Å². The van der Waals surface area contributed by atoms with Gasteiger partial charge in [0, 0.05) is 13.1 Å². The average molecular weight is 348 g/mol. The van der Waals surface area contributed by atoms with E-state index in [-0.39, 0.29) is 17.9 Å². The van der Waals surface area contributed by atoms with Crippen molar-refractivity contribution < 1.29 is 14.0 Å². The zero-order chi connectivity index (χ0) is 17.4. The van der Waals surface area contributed by atoms with Gasteiger partial charge in [-0.15, -0.1) is 0 Å². The fraction of sp³-hybridized carbons (Fsp3) is 0.312.